The highest BCUT2D eigenvalue weighted by Gasteiger charge is 2.32. The van der Waals surface area contributed by atoms with Gasteiger partial charge in [0.15, 0.2) is 5.78 Å². The van der Waals surface area contributed by atoms with E-state index in [1.54, 1.807) is 0 Å². The van der Waals surface area contributed by atoms with Gasteiger partial charge in [-0.2, -0.15) is 0 Å². The van der Waals surface area contributed by atoms with Crippen molar-refractivity contribution in [3.8, 4) is 5.75 Å². The Bertz CT molecular complexity index is 1040. The quantitative estimate of drug-likeness (QED) is 0.231. The van der Waals surface area contributed by atoms with Crippen LogP contribution in [0.1, 0.15) is 67.1 Å². The molecular formula is C31H40ClNO2. The van der Waals surface area contributed by atoms with Crippen LogP contribution in [0.5, 0.6) is 5.75 Å². The van der Waals surface area contributed by atoms with E-state index in [0.717, 1.165) is 47.6 Å². The molecule has 3 aromatic carbocycles. The zero-order chi connectivity index (χ0) is 24.4. The van der Waals surface area contributed by atoms with Gasteiger partial charge in [-0.05, 0) is 49.2 Å². The molecule has 0 heterocycles. The molecule has 0 aliphatic heterocycles. The maximum absolute atomic E-state index is 13.2. The normalized spacial score (nSPS) is 12.6. The van der Waals surface area contributed by atoms with Gasteiger partial charge in [-0.3, -0.25) is 4.79 Å². The summed E-state index contributed by atoms with van der Waals surface area (Å²) in [6, 6.07) is 26.3. The fourth-order valence-corrected chi connectivity index (χ4v) is 4.47. The second kappa shape index (κ2) is 14.1. The molecule has 0 fully saturated rings. The van der Waals surface area contributed by atoms with E-state index in [9.17, 15) is 4.79 Å². The SMILES string of the molecule is CCCCN(CC)CCOc1ccc(C(C)(CC(=O)c2ccccc2)c2ccccc2)cc1C.Cl. The number of ether oxygens (including phenoxy) is 1. The Labute approximate surface area is 217 Å². The smallest absolute Gasteiger partial charge is 0.164 e. The molecule has 0 radical (unpaired) electrons. The molecule has 35 heavy (non-hydrogen) atoms. The lowest BCUT2D eigenvalue weighted by Gasteiger charge is -2.31. The molecular weight excluding hydrogens is 454 g/mol. The molecule has 0 saturated heterocycles. The number of aryl methyl sites for hydroxylation is 1. The maximum atomic E-state index is 13.2. The Balaban J connectivity index is 0.00000432. The van der Waals surface area contributed by atoms with Crippen molar-refractivity contribution in [2.75, 3.05) is 26.2 Å². The van der Waals surface area contributed by atoms with Crippen molar-refractivity contribution in [3.63, 3.8) is 0 Å². The van der Waals surface area contributed by atoms with Gasteiger partial charge in [0, 0.05) is 23.9 Å². The molecule has 3 nitrogen and oxygen atoms in total. The molecule has 0 bridgehead atoms. The van der Waals surface area contributed by atoms with E-state index >= 15 is 0 Å². The molecule has 0 saturated carbocycles. The van der Waals surface area contributed by atoms with Gasteiger partial charge in [0.25, 0.3) is 0 Å². The standard InChI is InChI=1S/C31H39NO2.ClH/c1-5-7-20-32(6-2)21-22-34-30-19-18-28(23-25(30)3)31(4,27-16-12-9-13-17-27)24-29(33)26-14-10-8-11-15-26;/h8-19,23H,5-7,20-22,24H2,1-4H3;1H. The van der Waals surface area contributed by atoms with Crippen molar-refractivity contribution in [2.24, 2.45) is 0 Å². The van der Waals surface area contributed by atoms with Gasteiger partial charge >= 0.3 is 0 Å². The van der Waals surface area contributed by atoms with E-state index < -0.39 is 5.41 Å². The van der Waals surface area contributed by atoms with Crippen LogP contribution >= 0.6 is 12.4 Å². The first-order valence-electron chi connectivity index (χ1n) is 12.6. The van der Waals surface area contributed by atoms with E-state index in [-0.39, 0.29) is 18.2 Å². The molecule has 3 rings (SSSR count). The van der Waals surface area contributed by atoms with Crippen molar-refractivity contribution < 1.29 is 9.53 Å². The fourth-order valence-electron chi connectivity index (χ4n) is 4.47. The Morgan fingerprint density at radius 1 is 0.886 bits per heavy atom. The van der Waals surface area contributed by atoms with Crippen LogP contribution in [0.2, 0.25) is 0 Å². The first kappa shape index (κ1) is 28.6. The third kappa shape index (κ3) is 7.68. The van der Waals surface area contributed by atoms with Crippen LogP contribution in [0.4, 0.5) is 0 Å². The highest BCUT2D eigenvalue weighted by molar-refractivity contribution is 5.97. The van der Waals surface area contributed by atoms with Crippen LogP contribution in [0, 0.1) is 6.92 Å². The summed E-state index contributed by atoms with van der Waals surface area (Å²) in [7, 11) is 0. The summed E-state index contributed by atoms with van der Waals surface area (Å²) in [5, 5.41) is 0. The van der Waals surface area contributed by atoms with E-state index in [1.807, 2.05) is 48.5 Å². The number of carbonyl (C=O) groups excluding carboxylic acids is 1. The van der Waals surface area contributed by atoms with Gasteiger partial charge in [0.2, 0.25) is 0 Å². The monoisotopic (exact) mass is 493 g/mol. The summed E-state index contributed by atoms with van der Waals surface area (Å²) >= 11 is 0. The van der Waals surface area contributed by atoms with E-state index in [0.29, 0.717) is 13.0 Å². The molecule has 0 aromatic heterocycles. The van der Waals surface area contributed by atoms with Gasteiger partial charge in [-0.25, -0.2) is 0 Å². The highest BCUT2D eigenvalue weighted by atomic mass is 35.5. The molecule has 1 atom stereocenters. The van der Waals surface area contributed by atoms with Crippen molar-refractivity contribution in [3.05, 3.63) is 101 Å². The molecule has 0 aliphatic rings. The number of nitrogens with zero attached hydrogens (tertiary/aromatic N) is 1. The van der Waals surface area contributed by atoms with Gasteiger partial charge < -0.3 is 9.64 Å². The number of ketones is 1. The van der Waals surface area contributed by atoms with Crippen LogP contribution < -0.4 is 4.74 Å². The number of hydrogen-bond donors (Lipinski definition) is 0. The number of rotatable bonds is 13. The number of likely N-dealkylation sites (N-methyl/N-ethyl adjacent to an activating group) is 1. The van der Waals surface area contributed by atoms with E-state index in [2.05, 4.69) is 62.9 Å². The summed E-state index contributed by atoms with van der Waals surface area (Å²) in [6.07, 6.45) is 2.84. The summed E-state index contributed by atoms with van der Waals surface area (Å²) < 4.78 is 6.16. The second-order valence-electron chi connectivity index (χ2n) is 9.28. The Morgan fingerprint density at radius 3 is 2.14 bits per heavy atom. The van der Waals surface area contributed by atoms with Gasteiger partial charge in [0.1, 0.15) is 12.4 Å². The molecule has 0 amide bonds. The largest absolute Gasteiger partial charge is 0.492 e. The minimum absolute atomic E-state index is 0. The zero-order valence-electron chi connectivity index (χ0n) is 21.6. The van der Waals surface area contributed by atoms with Gasteiger partial charge in [0.05, 0.1) is 0 Å². The minimum atomic E-state index is -0.434. The Kier molecular flexibility index (Phi) is 11.5. The third-order valence-corrected chi connectivity index (χ3v) is 6.77. The lowest BCUT2D eigenvalue weighted by molar-refractivity contribution is 0.0962. The molecule has 1 unspecified atom stereocenters. The van der Waals surface area contributed by atoms with Crippen LogP contribution in [0.25, 0.3) is 0 Å². The minimum Gasteiger partial charge on any atom is -0.492 e. The lowest BCUT2D eigenvalue weighted by Crippen LogP contribution is -2.29. The average molecular weight is 494 g/mol. The number of carbonyl (C=O) groups is 1. The second-order valence-corrected chi connectivity index (χ2v) is 9.28. The highest BCUT2D eigenvalue weighted by Crippen LogP contribution is 2.38. The average Bonchev–Trinajstić information content (AvgIpc) is 2.87. The van der Waals surface area contributed by atoms with Crippen LogP contribution in [-0.2, 0) is 5.41 Å². The van der Waals surface area contributed by atoms with Gasteiger partial charge in [-0.1, -0.05) is 100.0 Å². The first-order chi connectivity index (χ1) is 16.5. The summed E-state index contributed by atoms with van der Waals surface area (Å²) in [6.45, 7) is 12.5. The van der Waals surface area contributed by atoms with Crippen molar-refractivity contribution in [1.29, 1.82) is 0 Å². The molecule has 0 N–H and O–H groups in total. The summed E-state index contributed by atoms with van der Waals surface area (Å²) in [4.78, 5) is 15.7. The van der Waals surface area contributed by atoms with Crippen LogP contribution in [0.3, 0.4) is 0 Å². The van der Waals surface area contributed by atoms with Crippen molar-refractivity contribution in [2.45, 2.75) is 52.4 Å². The predicted molar refractivity (Wildman–Crippen MR) is 149 cm³/mol. The van der Waals surface area contributed by atoms with E-state index in [4.69, 9.17) is 4.74 Å². The Morgan fingerprint density at radius 2 is 1.54 bits per heavy atom. The predicted octanol–water partition coefficient (Wildman–Crippen LogP) is 7.50. The number of hydrogen-bond acceptors (Lipinski definition) is 3. The maximum Gasteiger partial charge on any atom is 0.164 e. The third-order valence-electron chi connectivity index (χ3n) is 6.77. The van der Waals surface area contributed by atoms with Crippen LogP contribution in [0.15, 0.2) is 78.9 Å². The molecule has 3 aromatic rings. The van der Waals surface area contributed by atoms with Gasteiger partial charge in [-0.15, -0.1) is 12.4 Å². The molecule has 4 heteroatoms. The van der Waals surface area contributed by atoms with Crippen molar-refractivity contribution in [1.82, 2.24) is 4.90 Å². The topological polar surface area (TPSA) is 29.5 Å². The summed E-state index contributed by atoms with van der Waals surface area (Å²) in [5.41, 5.74) is 3.69. The molecule has 0 aliphatic carbocycles. The van der Waals surface area contributed by atoms with Crippen LogP contribution in [-0.4, -0.2) is 36.9 Å². The van der Waals surface area contributed by atoms with Crippen molar-refractivity contribution >= 4 is 18.2 Å². The fraction of sp³-hybridized carbons (Fsp3) is 0.387. The number of unbranched alkanes of at least 4 members (excludes halogenated alkanes) is 1. The van der Waals surface area contributed by atoms with E-state index in [1.165, 1.54) is 12.8 Å². The molecule has 0 spiro atoms. The number of halogens is 1. The number of Topliss-reactive ketones (excluding diaryl/α,β-unsaturated/α-hetero) is 1. The zero-order valence-corrected chi connectivity index (χ0v) is 22.4. The Hall–Kier alpha value is -2.62. The summed E-state index contributed by atoms with van der Waals surface area (Å²) in [5.74, 6) is 1.07. The lowest BCUT2D eigenvalue weighted by atomic mass is 9.72. The number of benzene rings is 3. The molecule has 188 valence electrons. The first-order valence-corrected chi connectivity index (χ1v) is 12.6.